The van der Waals surface area contributed by atoms with E-state index in [2.05, 4.69) is 150 Å². The predicted octanol–water partition coefficient (Wildman–Crippen LogP) is 12.0. The van der Waals surface area contributed by atoms with Crippen LogP contribution in [0.3, 0.4) is 0 Å². The van der Waals surface area contributed by atoms with Crippen molar-refractivity contribution in [3.05, 3.63) is 175 Å². The van der Waals surface area contributed by atoms with Crippen molar-refractivity contribution in [3.8, 4) is 45.5 Å². The number of para-hydroxylation sites is 2. The van der Waals surface area contributed by atoms with Crippen LogP contribution in [0.4, 0.5) is 0 Å². The molecule has 0 fully saturated rings. The van der Waals surface area contributed by atoms with Gasteiger partial charge in [0.1, 0.15) is 0 Å². The Bertz CT molecular complexity index is 2880. The lowest BCUT2D eigenvalue weighted by molar-refractivity contribution is 0.922. The first-order valence-electron chi connectivity index (χ1n) is 18.3. The average Bonchev–Trinajstić information content (AvgIpc) is 3.73. The number of nitrogens with zero attached hydrogens (tertiary/aromatic N) is 5. The fraction of sp³-hybridized carbons (Fsp3) is 0.0625. The second kappa shape index (κ2) is 12.7. The molecule has 10 rings (SSSR count). The van der Waals surface area contributed by atoms with Gasteiger partial charge in [-0.1, -0.05) is 147 Å². The van der Waals surface area contributed by atoms with Gasteiger partial charge in [-0.15, -0.1) is 0 Å². The molecular weight excluding hydrogens is 647 g/mol. The summed E-state index contributed by atoms with van der Waals surface area (Å²) in [5.74, 6) is 1.85. The summed E-state index contributed by atoms with van der Waals surface area (Å²) in [6, 6.07) is 60.2. The Hall–Kier alpha value is -6.85. The summed E-state index contributed by atoms with van der Waals surface area (Å²) in [6.45, 7) is 2.23. The molecule has 0 unspecified atom stereocenters. The molecule has 3 heterocycles. The Morgan fingerprint density at radius 3 is 1.57 bits per heavy atom. The van der Waals surface area contributed by atoms with Crippen molar-refractivity contribution < 1.29 is 0 Å². The molecule has 5 nitrogen and oxygen atoms in total. The smallest absolute Gasteiger partial charge is 0.238 e. The van der Waals surface area contributed by atoms with E-state index in [1.54, 1.807) is 0 Å². The Morgan fingerprint density at radius 2 is 0.943 bits per heavy atom. The van der Waals surface area contributed by atoms with E-state index in [1.165, 1.54) is 33.0 Å². The Kier molecular flexibility index (Phi) is 7.43. The minimum Gasteiger partial charge on any atom is -0.309 e. The van der Waals surface area contributed by atoms with Crippen LogP contribution in [0.15, 0.2) is 170 Å². The van der Waals surface area contributed by atoms with Gasteiger partial charge in [-0.05, 0) is 59.5 Å². The summed E-state index contributed by atoms with van der Waals surface area (Å²) in [5, 5.41) is 4.72. The van der Waals surface area contributed by atoms with Gasteiger partial charge in [-0.3, -0.25) is 4.57 Å². The lowest BCUT2D eigenvalue weighted by Gasteiger charge is -2.12. The fourth-order valence-corrected chi connectivity index (χ4v) is 7.80. The highest BCUT2D eigenvalue weighted by Gasteiger charge is 2.21. The number of hydrogen-bond donors (Lipinski definition) is 0. The van der Waals surface area contributed by atoms with Gasteiger partial charge in [0, 0.05) is 38.4 Å². The molecule has 0 saturated heterocycles. The van der Waals surface area contributed by atoms with Gasteiger partial charge in [0.15, 0.2) is 11.6 Å². The van der Waals surface area contributed by atoms with E-state index < -0.39 is 0 Å². The van der Waals surface area contributed by atoms with E-state index in [0.29, 0.717) is 17.6 Å². The molecule has 0 aliphatic heterocycles. The van der Waals surface area contributed by atoms with Crippen molar-refractivity contribution in [2.45, 2.75) is 19.8 Å². The zero-order valence-electron chi connectivity index (χ0n) is 29.3. The topological polar surface area (TPSA) is 48.5 Å². The van der Waals surface area contributed by atoms with Crippen LogP contribution in [0.25, 0.3) is 89.2 Å². The van der Waals surface area contributed by atoms with Gasteiger partial charge in [0.05, 0.1) is 22.1 Å². The summed E-state index contributed by atoms with van der Waals surface area (Å²) in [4.78, 5) is 15.3. The Labute approximate surface area is 307 Å². The minimum atomic E-state index is 0.583. The van der Waals surface area contributed by atoms with Gasteiger partial charge in [-0.2, -0.15) is 9.97 Å². The van der Waals surface area contributed by atoms with Crippen molar-refractivity contribution in [1.82, 2.24) is 24.1 Å². The SMILES string of the molecule is CCCc1ccc(-c2cccc(-n3c4ccccc4c4cc5c6ccccc6n(-c6nc(-c7ccccc7)nc(-c7ccccc7)n6)c5cc43)c2)cc1. The molecule has 5 heteroatoms. The third-order valence-corrected chi connectivity index (χ3v) is 10.3. The van der Waals surface area contributed by atoms with Crippen LogP contribution in [0, 0.1) is 0 Å². The van der Waals surface area contributed by atoms with Gasteiger partial charge < -0.3 is 4.57 Å². The number of aryl methyl sites for hydroxylation is 1. The molecule has 0 saturated carbocycles. The fourth-order valence-electron chi connectivity index (χ4n) is 7.80. The number of benzene rings is 7. The first-order chi connectivity index (χ1) is 26.2. The average molecular weight is 682 g/mol. The molecular formula is C48H35N5. The number of hydrogen-bond acceptors (Lipinski definition) is 3. The van der Waals surface area contributed by atoms with Crippen molar-refractivity contribution in [3.63, 3.8) is 0 Å². The molecule has 3 aromatic heterocycles. The van der Waals surface area contributed by atoms with Crippen LogP contribution in [-0.2, 0) is 6.42 Å². The van der Waals surface area contributed by atoms with Crippen LogP contribution >= 0.6 is 0 Å². The molecule has 53 heavy (non-hydrogen) atoms. The molecule has 0 spiro atoms. The van der Waals surface area contributed by atoms with Gasteiger partial charge in [0.2, 0.25) is 5.95 Å². The van der Waals surface area contributed by atoms with Crippen LogP contribution < -0.4 is 0 Å². The second-order valence-electron chi connectivity index (χ2n) is 13.6. The highest BCUT2D eigenvalue weighted by Crippen LogP contribution is 2.40. The van der Waals surface area contributed by atoms with Crippen molar-refractivity contribution >= 4 is 43.6 Å². The van der Waals surface area contributed by atoms with Gasteiger partial charge >= 0.3 is 0 Å². The van der Waals surface area contributed by atoms with Crippen molar-refractivity contribution in [1.29, 1.82) is 0 Å². The molecule has 0 aliphatic carbocycles. The van der Waals surface area contributed by atoms with Gasteiger partial charge in [0.25, 0.3) is 0 Å². The zero-order chi connectivity index (χ0) is 35.3. The molecule has 0 atom stereocenters. The molecule has 7 aromatic carbocycles. The summed E-state index contributed by atoms with van der Waals surface area (Å²) < 4.78 is 4.61. The van der Waals surface area contributed by atoms with Crippen molar-refractivity contribution in [2.75, 3.05) is 0 Å². The predicted molar refractivity (Wildman–Crippen MR) is 219 cm³/mol. The summed E-state index contributed by atoms with van der Waals surface area (Å²) in [5.41, 5.74) is 11.2. The molecule has 0 amide bonds. The summed E-state index contributed by atoms with van der Waals surface area (Å²) in [6.07, 6.45) is 2.24. The first-order valence-corrected chi connectivity index (χ1v) is 18.3. The standard InChI is InChI=1S/C48H35N5/c1-2-14-32-25-27-33(28-26-32)36-19-13-20-37(29-36)52-42-23-11-9-21-38(42)40-30-41-39-22-10-12-24-43(39)53(45(41)31-44(40)52)48-50-46(34-15-5-3-6-16-34)49-47(51-48)35-17-7-4-8-18-35/h3-13,15-31H,2,14H2,1H3. The monoisotopic (exact) mass is 681 g/mol. The maximum absolute atomic E-state index is 5.17. The zero-order valence-corrected chi connectivity index (χ0v) is 29.3. The lowest BCUT2D eigenvalue weighted by atomic mass is 10.0. The Morgan fingerprint density at radius 1 is 0.396 bits per heavy atom. The Balaban J connectivity index is 1.24. The van der Waals surface area contributed by atoms with E-state index in [-0.39, 0.29) is 0 Å². The maximum atomic E-state index is 5.17. The summed E-state index contributed by atoms with van der Waals surface area (Å²) in [7, 11) is 0. The lowest BCUT2D eigenvalue weighted by Crippen LogP contribution is -2.06. The van der Waals surface area contributed by atoms with Crippen LogP contribution in [0.1, 0.15) is 18.9 Å². The first kappa shape index (κ1) is 30.9. The quantitative estimate of drug-likeness (QED) is 0.168. The third kappa shape index (κ3) is 5.28. The van der Waals surface area contributed by atoms with Crippen LogP contribution in [-0.4, -0.2) is 24.1 Å². The molecule has 10 aromatic rings. The maximum Gasteiger partial charge on any atom is 0.238 e. The number of fused-ring (bicyclic) bond motifs is 6. The van der Waals surface area contributed by atoms with E-state index in [4.69, 9.17) is 15.0 Å². The largest absolute Gasteiger partial charge is 0.309 e. The normalized spacial score (nSPS) is 11.6. The molecule has 0 aliphatic rings. The van der Waals surface area contributed by atoms with Crippen LogP contribution in [0.2, 0.25) is 0 Å². The highest BCUT2D eigenvalue weighted by molar-refractivity contribution is 6.19. The highest BCUT2D eigenvalue weighted by atomic mass is 15.2. The summed E-state index contributed by atoms with van der Waals surface area (Å²) >= 11 is 0. The van der Waals surface area contributed by atoms with Crippen LogP contribution in [0.5, 0.6) is 0 Å². The van der Waals surface area contributed by atoms with E-state index in [9.17, 15) is 0 Å². The molecule has 0 N–H and O–H groups in total. The number of aromatic nitrogens is 5. The second-order valence-corrected chi connectivity index (χ2v) is 13.6. The van der Waals surface area contributed by atoms with E-state index >= 15 is 0 Å². The molecule has 0 bridgehead atoms. The van der Waals surface area contributed by atoms with E-state index in [1.807, 2.05) is 36.4 Å². The third-order valence-electron chi connectivity index (χ3n) is 10.3. The number of rotatable bonds is 7. The van der Waals surface area contributed by atoms with Crippen molar-refractivity contribution in [2.24, 2.45) is 0 Å². The molecule has 252 valence electrons. The molecule has 0 radical (unpaired) electrons. The van der Waals surface area contributed by atoms with E-state index in [0.717, 1.165) is 57.0 Å². The van der Waals surface area contributed by atoms with Gasteiger partial charge in [-0.25, -0.2) is 4.98 Å². The minimum absolute atomic E-state index is 0.583.